The van der Waals surface area contributed by atoms with Crippen LogP contribution in [0.4, 0.5) is 0 Å². The number of aliphatic hydroxyl groups excluding tert-OH is 1. The van der Waals surface area contributed by atoms with Gasteiger partial charge in [0, 0.05) is 12.9 Å². The maximum Gasteiger partial charge on any atom is 0.321 e. The van der Waals surface area contributed by atoms with Crippen LogP contribution in [0.3, 0.4) is 0 Å². The highest BCUT2D eigenvalue weighted by atomic mass is 32.2. The second-order valence-electron chi connectivity index (χ2n) is 3.10. The van der Waals surface area contributed by atoms with Crippen LogP contribution in [0.5, 0.6) is 0 Å². The van der Waals surface area contributed by atoms with Gasteiger partial charge in [0.15, 0.2) is 12.5 Å². The zero-order valence-electron chi connectivity index (χ0n) is 9.20. The predicted octanol–water partition coefficient (Wildman–Crippen LogP) is -2.47. The van der Waals surface area contributed by atoms with E-state index >= 15 is 0 Å². The summed E-state index contributed by atoms with van der Waals surface area (Å²) in [5.41, 5.74) is 5.22. The number of carbonyl (C=O) groups excluding carboxylic acids is 1. The fraction of sp³-hybridized carbons (Fsp3) is 0.750. The molecule has 9 heteroatoms. The summed E-state index contributed by atoms with van der Waals surface area (Å²) in [5.74, 6) is -1.61. The molecule has 0 aromatic rings. The first-order valence-corrected chi connectivity index (χ1v) is 5.78. The van der Waals surface area contributed by atoms with Gasteiger partial charge in [-0.05, 0) is 0 Å². The minimum absolute atomic E-state index is 0.0481. The topological polar surface area (TPSA) is 142 Å². The molecule has 1 amide bonds. The first-order chi connectivity index (χ1) is 7.88. The molecular formula is C8H16N2O6S. The molecule has 0 saturated heterocycles. The molecule has 0 saturated carbocycles. The number of hydrogen-bond donors (Lipinski definition) is 5. The number of thioether (sulfide) groups is 1. The second-order valence-corrected chi connectivity index (χ2v) is 4.13. The van der Waals surface area contributed by atoms with Gasteiger partial charge in [-0.3, -0.25) is 9.59 Å². The number of aliphatic carboxylic acids is 1. The molecule has 0 heterocycles. The Bertz CT molecular complexity index is 262. The van der Waals surface area contributed by atoms with E-state index in [-0.39, 0.29) is 11.5 Å². The van der Waals surface area contributed by atoms with Gasteiger partial charge >= 0.3 is 5.97 Å². The normalized spacial score (nSPS) is 14.4. The number of nitrogens with two attached hydrogens (primary N) is 1. The van der Waals surface area contributed by atoms with Crippen molar-refractivity contribution in [2.45, 2.75) is 18.6 Å². The third kappa shape index (κ3) is 7.13. The largest absolute Gasteiger partial charge is 0.480 e. The van der Waals surface area contributed by atoms with E-state index in [2.05, 4.69) is 10.1 Å². The number of hydrogen-bond acceptors (Lipinski definition) is 7. The lowest BCUT2D eigenvalue weighted by atomic mass is 10.4. The molecule has 0 aliphatic heterocycles. The molecule has 0 rings (SSSR count). The SMILES string of the molecule is COC(NC(=O)CSC[C@H](N)C(=O)O)C(O)O. The first kappa shape index (κ1) is 16.1. The summed E-state index contributed by atoms with van der Waals surface area (Å²) >= 11 is 1.03. The van der Waals surface area contributed by atoms with E-state index in [0.717, 1.165) is 11.8 Å². The molecule has 0 aromatic heterocycles. The molecule has 0 aliphatic carbocycles. The highest BCUT2D eigenvalue weighted by Gasteiger charge is 2.18. The number of carboxylic acids is 1. The van der Waals surface area contributed by atoms with Crippen LogP contribution in [-0.2, 0) is 14.3 Å². The average Bonchev–Trinajstić information content (AvgIpc) is 2.25. The van der Waals surface area contributed by atoms with E-state index < -0.39 is 30.4 Å². The Morgan fingerprint density at radius 3 is 2.47 bits per heavy atom. The zero-order chi connectivity index (χ0) is 13.4. The summed E-state index contributed by atoms with van der Waals surface area (Å²) in [4.78, 5) is 21.6. The van der Waals surface area contributed by atoms with Crippen molar-refractivity contribution in [3.63, 3.8) is 0 Å². The average molecular weight is 268 g/mol. The van der Waals surface area contributed by atoms with Crippen LogP contribution in [0.15, 0.2) is 0 Å². The van der Waals surface area contributed by atoms with Gasteiger partial charge < -0.3 is 31.1 Å². The van der Waals surface area contributed by atoms with E-state index in [1.807, 2.05) is 0 Å². The van der Waals surface area contributed by atoms with E-state index in [1.54, 1.807) is 0 Å². The van der Waals surface area contributed by atoms with Crippen LogP contribution in [-0.4, -0.2) is 64.4 Å². The summed E-state index contributed by atoms with van der Waals surface area (Å²) in [7, 11) is 1.21. The molecule has 1 unspecified atom stereocenters. The summed E-state index contributed by atoms with van der Waals surface area (Å²) in [6, 6.07) is -1.03. The number of ether oxygens (including phenoxy) is 1. The number of amides is 1. The standard InChI is InChI=1S/C8H16N2O6S/c1-16-6(8(14)15)10-5(11)3-17-2-4(9)7(12)13/h4,6,8,14-15H,2-3,9H2,1H3,(H,10,11)(H,12,13)/t4-,6?/m0/s1. The molecule has 0 fully saturated rings. The quantitative estimate of drug-likeness (QED) is 0.305. The first-order valence-electron chi connectivity index (χ1n) is 4.63. The number of nitrogens with one attached hydrogen (secondary N) is 1. The summed E-state index contributed by atoms with van der Waals surface area (Å²) in [6.45, 7) is 0. The maximum absolute atomic E-state index is 11.2. The smallest absolute Gasteiger partial charge is 0.321 e. The van der Waals surface area contributed by atoms with Crippen molar-refractivity contribution in [2.24, 2.45) is 5.73 Å². The van der Waals surface area contributed by atoms with Crippen molar-refractivity contribution in [2.75, 3.05) is 18.6 Å². The molecule has 0 bridgehead atoms. The van der Waals surface area contributed by atoms with Crippen LogP contribution in [0.2, 0.25) is 0 Å². The molecule has 100 valence electrons. The monoisotopic (exact) mass is 268 g/mol. The predicted molar refractivity (Wildman–Crippen MR) is 60.1 cm³/mol. The van der Waals surface area contributed by atoms with Gasteiger partial charge in [0.2, 0.25) is 5.91 Å². The Hall–Kier alpha value is -0.870. The number of rotatable bonds is 8. The summed E-state index contributed by atoms with van der Waals surface area (Å²) < 4.78 is 4.59. The van der Waals surface area contributed by atoms with Gasteiger partial charge in [0.25, 0.3) is 0 Å². The maximum atomic E-state index is 11.2. The fourth-order valence-corrected chi connectivity index (χ4v) is 1.59. The van der Waals surface area contributed by atoms with E-state index in [4.69, 9.17) is 21.1 Å². The van der Waals surface area contributed by atoms with Crippen molar-refractivity contribution in [3.8, 4) is 0 Å². The molecular weight excluding hydrogens is 252 g/mol. The minimum Gasteiger partial charge on any atom is -0.480 e. The Labute approximate surface area is 102 Å². The molecule has 2 atom stereocenters. The minimum atomic E-state index is -1.82. The lowest BCUT2D eigenvalue weighted by molar-refractivity contribution is -0.155. The molecule has 0 aromatic carbocycles. The Kier molecular flexibility index (Phi) is 7.83. The molecule has 8 nitrogen and oxygen atoms in total. The summed E-state index contributed by atoms with van der Waals surface area (Å²) in [6.07, 6.45) is -3.04. The highest BCUT2D eigenvalue weighted by Crippen LogP contribution is 2.02. The zero-order valence-corrected chi connectivity index (χ0v) is 10.0. The van der Waals surface area contributed by atoms with Gasteiger partial charge in [0.05, 0.1) is 5.75 Å². The van der Waals surface area contributed by atoms with Crippen LogP contribution < -0.4 is 11.1 Å². The van der Waals surface area contributed by atoms with Gasteiger partial charge in [-0.25, -0.2) is 0 Å². The van der Waals surface area contributed by atoms with Gasteiger partial charge in [0.1, 0.15) is 6.04 Å². The Morgan fingerprint density at radius 1 is 1.47 bits per heavy atom. The van der Waals surface area contributed by atoms with Gasteiger partial charge in [-0.2, -0.15) is 0 Å². The number of carboxylic acid groups (broad SMARTS) is 1. The fourth-order valence-electron chi connectivity index (χ4n) is 0.805. The van der Waals surface area contributed by atoms with E-state index in [0.29, 0.717) is 0 Å². The lowest BCUT2D eigenvalue weighted by Gasteiger charge is -2.18. The molecule has 6 N–H and O–H groups in total. The van der Waals surface area contributed by atoms with Crippen molar-refractivity contribution >= 4 is 23.6 Å². The second kappa shape index (κ2) is 8.25. The highest BCUT2D eigenvalue weighted by molar-refractivity contribution is 8.00. The van der Waals surface area contributed by atoms with Crippen molar-refractivity contribution in [3.05, 3.63) is 0 Å². The van der Waals surface area contributed by atoms with Crippen LogP contribution in [0.25, 0.3) is 0 Å². The lowest BCUT2D eigenvalue weighted by Crippen LogP contribution is -2.45. The van der Waals surface area contributed by atoms with Crippen LogP contribution in [0.1, 0.15) is 0 Å². The Balaban J connectivity index is 3.83. The number of methoxy groups -OCH3 is 1. The molecule has 17 heavy (non-hydrogen) atoms. The van der Waals surface area contributed by atoms with Crippen molar-refractivity contribution in [1.29, 1.82) is 0 Å². The Morgan fingerprint density at radius 2 is 2.06 bits per heavy atom. The van der Waals surface area contributed by atoms with Crippen LogP contribution >= 0.6 is 11.8 Å². The molecule has 0 aliphatic rings. The number of carbonyl (C=O) groups is 2. The third-order valence-corrected chi connectivity index (χ3v) is 2.74. The van der Waals surface area contributed by atoms with Gasteiger partial charge in [-0.1, -0.05) is 0 Å². The van der Waals surface area contributed by atoms with Crippen LogP contribution in [0, 0.1) is 0 Å². The molecule has 0 radical (unpaired) electrons. The number of aliphatic hydroxyl groups is 2. The third-order valence-electron chi connectivity index (χ3n) is 1.68. The van der Waals surface area contributed by atoms with E-state index in [9.17, 15) is 9.59 Å². The molecule has 0 spiro atoms. The van der Waals surface area contributed by atoms with Crippen molar-refractivity contribution < 1.29 is 29.6 Å². The van der Waals surface area contributed by atoms with Crippen molar-refractivity contribution in [1.82, 2.24) is 5.32 Å². The van der Waals surface area contributed by atoms with Gasteiger partial charge in [-0.15, -0.1) is 11.8 Å². The summed E-state index contributed by atoms with van der Waals surface area (Å²) in [5, 5.41) is 28.2. The van der Waals surface area contributed by atoms with E-state index in [1.165, 1.54) is 7.11 Å².